The predicted molar refractivity (Wildman–Crippen MR) is 78.7 cm³/mol. The summed E-state index contributed by atoms with van der Waals surface area (Å²) in [6.45, 7) is 5.91. The summed E-state index contributed by atoms with van der Waals surface area (Å²) in [7, 11) is 0. The Labute approximate surface area is 117 Å². The van der Waals surface area contributed by atoms with E-state index in [4.69, 9.17) is 5.73 Å². The molecule has 1 aromatic heterocycles. The predicted octanol–water partition coefficient (Wildman–Crippen LogP) is 3.03. The first-order chi connectivity index (χ1) is 9.08. The van der Waals surface area contributed by atoms with Gasteiger partial charge in [0.15, 0.2) is 5.78 Å². The number of thiophene rings is 1. The van der Waals surface area contributed by atoms with Gasteiger partial charge >= 0.3 is 0 Å². The van der Waals surface area contributed by atoms with Gasteiger partial charge in [0.1, 0.15) is 16.6 Å². The topological polar surface area (TPSA) is 70.1 Å². The Bertz CT molecular complexity index is 530. The fourth-order valence-electron chi connectivity index (χ4n) is 2.50. The van der Waals surface area contributed by atoms with Crippen molar-refractivity contribution in [2.75, 3.05) is 23.7 Å². The zero-order valence-corrected chi connectivity index (χ0v) is 12.2. The Morgan fingerprint density at radius 3 is 2.95 bits per heavy atom. The molecule has 0 radical (unpaired) electrons. The normalized spacial score (nSPS) is 19.2. The average molecular weight is 277 g/mol. The first-order valence-electron chi connectivity index (χ1n) is 6.69. The molecule has 2 heterocycles. The first kappa shape index (κ1) is 13.9. The molecule has 1 fully saturated rings. The van der Waals surface area contributed by atoms with Crippen molar-refractivity contribution in [2.45, 2.75) is 33.1 Å². The summed E-state index contributed by atoms with van der Waals surface area (Å²) in [6.07, 6.45) is 2.77. The molecule has 1 aromatic rings. The largest absolute Gasteiger partial charge is 0.396 e. The third-order valence-corrected chi connectivity index (χ3v) is 4.86. The number of ketones is 1. The van der Waals surface area contributed by atoms with Gasteiger partial charge in [-0.25, -0.2) is 0 Å². The maximum absolute atomic E-state index is 11.9. The lowest BCUT2D eigenvalue weighted by atomic mass is 10.0. The quantitative estimate of drug-likeness (QED) is 0.862. The summed E-state index contributed by atoms with van der Waals surface area (Å²) in [4.78, 5) is 14.6. The van der Waals surface area contributed by atoms with Crippen molar-refractivity contribution in [3.8, 4) is 6.07 Å². The summed E-state index contributed by atoms with van der Waals surface area (Å²) in [5, 5.41) is 10.2. The second-order valence-corrected chi connectivity index (χ2v) is 6.11. The van der Waals surface area contributed by atoms with Crippen molar-refractivity contribution in [2.24, 2.45) is 5.92 Å². The van der Waals surface area contributed by atoms with Gasteiger partial charge in [0.2, 0.25) is 0 Å². The highest BCUT2D eigenvalue weighted by atomic mass is 32.1. The van der Waals surface area contributed by atoms with Gasteiger partial charge in [-0.15, -0.1) is 11.3 Å². The van der Waals surface area contributed by atoms with Gasteiger partial charge in [-0.1, -0.05) is 13.8 Å². The molecule has 1 unspecified atom stereocenters. The van der Waals surface area contributed by atoms with E-state index in [0.29, 0.717) is 28.5 Å². The van der Waals surface area contributed by atoms with Crippen molar-refractivity contribution < 1.29 is 4.79 Å². The number of nitriles is 1. The van der Waals surface area contributed by atoms with Crippen LogP contribution in [0.5, 0.6) is 0 Å². The molecule has 1 aliphatic rings. The lowest BCUT2D eigenvalue weighted by Crippen LogP contribution is -2.34. The molecule has 4 nitrogen and oxygen atoms in total. The Kier molecular flexibility index (Phi) is 4.11. The fraction of sp³-hybridized carbons (Fsp3) is 0.571. The van der Waals surface area contributed by atoms with E-state index in [2.05, 4.69) is 17.9 Å². The Balaban J connectivity index is 2.40. The second-order valence-electron chi connectivity index (χ2n) is 5.11. The highest BCUT2D eigenvalue weighted by molar-refractivity contribution is 7.19. The molecule has 0 aliphatic carbocycles. The minimum absolute atomic E-state index is 0.0234. The maximum Gasteiger partial charge on any atom is 0.174 e. The number of nitrogen functional groups attached to an aromatic ring is 1. The molecule has 0 amide bonds. The van der Waals surface area contributed by atoms with Crippen LogP contribution in [0, 0.1) is 17.2 Å². The molecule has 0 spiro atoms. The number of nitrogens with zero attached hydrogens (tertiary/aromatic N) is 2. The van der Waals surface area contributed by atoms with Crippen LogP contribution in [0.1, 0.15) is 48.3 Å². The lowest BCUT2D eigenvalue weighted by Gasteiger charge is -2.31. The zero-order chi connectivity index (χ0) is 14.0. The maximum atomic E-state index is 11.9. The summed E-state index contributed by atoms with van der Waals surface area (Å²) in [5.74, 6) is 0.643. The van der Waals surface area contributed by atoms with Crippen LogP contribution in [0.3, 0.4) is 0 Å². The first-order valence-corrected chi connectivity index (χ1v) is 7.50. The van der Waals surface area contributed by atoms with Crippen molar-refractivity contribution >= 4 is 27.8 Å². The number of rotatable bonds is 3. The summed E-state index contributed by atoms with van der Waals surface area (Å²) < 4.78 is 0. The van der Waals surface area contributed by atoms with Gasteiger partial charge in [0, 0.05) is 19.5 Å². The Morgan fingerprint density at radius 2 is 2.37 bits per heavy atom. The minimum Gasteiger partial charge on any atom is -0.396 e. The van der Waals surface area contributed by atoms with Crippen LogP contribution in [0.4, 0.5) is 10.7 Å². The van der Waals surface area contributed by atoms with Gasteiger partial charge in [-0.05, 0) is 18.8 Å². The standard InChI is InChI=1S/C14H19N3OS/c1-3-11(18)13-12(16)10(7-15)14(19-13)17-6-4-5-9(2)8-17/h9H,3-6,8,16H2,1-2H3. The fourth-order valence-corrected chi connectivity index (χ4v) is 3.72. The van der Waals surface area contributed by atoms with Gasteiger partial charge < -0.3 is 10.6 Å². The molecule has 1 atom stereocenters. The third kappa shape index (κ3) is 2.59. The number of piperidine rings is 1. The van der Waals surface area contributed by atoms with E-state index in [1.165, 1.54) is 17.8 Å². The van der Waals surface area contributed by atoms with Gasteiger partial charge in [0.05, 0.1) is 10.6 Å². The SMILES string of the molecule is CCC(=O)c1sc(N2CCCC(C)C2)c(C#N)c1N. The molecular weight excluding hydrogens is 258 g/mol. The van der Waals surface area contributed by atoms with Crippen LogP contribution < -0.4 is 10.6 Å². The summed E-state index contributed by atoms with van der Waals surface area (Å²) >= 11 is 1.38. The Hall–Kier alpha value is -1.54. The molecule has 0 bridgehead atoms. The van der Waals surface area contributed by atoms with Gasteiger partial charge in [0.25, 0.3) is 0 Å². The molecule has 1 saturated heterocycles. The molecule has 5 heteroatoms. The zero-order valence-electron chi connectivity index (χ0n) is 11.4. The molecule has 0 saturated carbocycles. The highest BCUT2D eigenvalue weighted by Crippen LogP contribution is 2.39. The van der Waals surface area contributed by atoms with Gasteiger partial charge in [-0.2, -0.15) is 5.26 Å². The van der Waals surface area contributed by atoms with E-state index >= 15 is 0 Å². The van der Waals surface area contributed by atoms with E-state index in [1.807, 2.05) is 6.92 Å². The van der Waals surface area contributed by atoms with E-state index in [1.54, 1.807) is 0 Å². The van der Waals surface area contributed by atoms with Crippen molar-refractivity contribution in [3.05, 3.63) is 10.4 Å². The smallest absolute Gasteiger partial charge is 0.174 e. The molecule has 1 aliphatic heterocycles. The second kappa shape index (κ2) is 5.62. The molecular formula is C14H19N3OS. The number of anilines is 2. The van der Waals surface area contributed by atoms with Crippen LogP contribution in [0.15, 0.2) is 0 Å². The number of hydrogen-bond donors (Lipinski definition) is 1. The minimum atomic E-state index is 0.0234. The third-order valence-electron chi connectivity index (χ3n) is 3.56. The Morgan fingerprint density at radius 1 is 1.63 bits per heavy atom. The van der Waals surface area contributed by atoms with E-state index in [-0.39, 0.29) is 5.78 Å². The number of nitrogens with two attached hydrogens (primary N) is 1. The summed E-state index contributed by atoms with van der Waals surface area (Å²) in [6, 6.07) is 2.17. The van der Waals surface area contributed by atoms with Gasteiger partial charge in [-0.3, -0.25) is 4.79 Å². The molecule has 2 N–H and O–H groups in total. The summed E-state index contributed by atoms with van der Waals surface area (Å²) in [5.41, 5.74) is 6.82. The number of hydrogen-bond acceptors (Lipinski definition) is 5. The van der Waals surface area contributed by atoms with E-state index in [9.17, 15) is 10.1 Å². The van der Waals surface area contributed by atoms with Crippen LogP contribution in [0.2, 0.25) is 0 Å². The molecule has 19 heavy (non-hydrogen) atoms. The van der Waals surface area contributed by atoms with Crippen molar-refractivity contribution in [1.82, 2.24) is 0 Å². The highest BCUT2D eigenvalue weighted by Gasteiger charge is 2.26. The van der Waals surface area contributed by atoms with Crippen LogP contribution in [-0.4, -0.2) is 18.9 Å². The average Bonchev–Trinajstić information content (AvgIpc) is 2.75. The van der Waals surface area contributed by atoms with Crippen molar-refractivity contribution in [3.63, 3.8) is 0 Å². The molecule has 2 rings (SSSR count). The monoisotopic (exact) mass is 277 g/mol. The molecule has 102 valence electrons. The van der Waals surface area contributed by atoms with E-state index in [0.717, 1.165) is 24.5 Å². The number of carbonyl (C=O) groups excluding carboxylic acids is 1. The van der Waals surface area contributed by atoms with Crippen LogP contribution in [-0.2, 0) is 0 Å². The lowest BCUT2D eigenvalue weighted by molar-refractivity contribution is 0.0993. The molecule has 0 aromatic carbocycles. The number of carbonyl (C=O) groups is 1. The van der Waals surface area contributed by atoms with Crippen molar-refractivity contribution in [1.29, 1.82) is 5.26 Å². The number of Topliss-reactive ketones (excluding diaryl/α,β-unsaturated/α-hetero) is 1. The van der Waals surface area contributed by atoms with Crippen LogP contribution >= 0.6 is 11.3 Å². The van der Waals surface area contributed by atoms with E-state index < -0.39 is 0 Å². The van der Waals surface area contributed by atoms with Crippen LogP contribution in [0.25, 0.3) is 0 Å².